The van der Waals surface area contributed by atoms with E-state index in [1.807, 2.05) is 28.8 Å². The molecule has 2 bridgehead atoms. The van der Waals surface area contributed by atoms with Gasteiger partial charge < -0.3 is 14.6 Å². The number of amides is 1. The van der Waals surface area contributed by atoms with Crippen molar-refractivity contribution in [3.63, 3.8) is 0 Å². The van der Waals surface area contributed by atoms with Gasteiger partial charge in [-0.15, -0.1) is 10.2 Å². The van der Waals surface area contributed by atoms with Crippen LogP contribution in [0.3, 0.4) is 0 Å². The number of hydrogen-bond acceptors (Lipinski definition) is 6. The van der Waals surface area contributed by atoms with Crippen molar-refractivity contribution in [2.45, 2.75) is 52.7 Å². The van der Waals surface area contributed by atoms with Crippen molar-refractivity contribution in [1.29, 1.82) is 0 Å². The zero-order chi connectivity index (χ0) is 26.4. The highest BCUT2D eigenvalue weighted by Crippen LogP contribution is 2.53. The molecule has 1 amide bonds. The molecule has 9 heteroatoms. The number of carbonyl (C=O) groups excluding carboxylic acids is 1. The van der Waals surface area contributed by atoms with Crippen molar-refractivity contribution in [2.75, 3.05) is 20.3 Å². The standard InChI is InChI=1S/C28H33BrN4O4/c1-27(2)12-19-13-28(3,15-27)16-32(19)17-33-21-10-9-18(29)11-20(21)25(26(33)35)31-30-24(34)14-37-23-8-6-5-7-22(23)36-4/h5-11,19,35H,12-17H2,1-4H3/t19-,28+/m0/s1. The van der Waals surface area contributed by atoms with Gasteiger partial charge in [0, 0.05) is 22.4 Å². The van der Waals surface area contributed by atoms with Gasteiger partial charge in [0.1, 0.15) is 0 Å². The minimum absolute atomic E-state index is 0.00107. The van der Waals surface area contributed by atoms with E-state index in [2.05, 4.69) is 51.8 Å². The van der Waals surface area contributed by atoms with E-state index in [4.69, 9.17) is 9.47 Å². The maximum Gasteiger partial charge on any atom is 0.302 e. The number of benzene rings is 2. The van der Waals surface area contributed by atoms with Crippen LogP contribution in [-0.4, -0.2) is 46.8 Å². The number of aromatic hydroxyl groups is 1. The van der Waals surface area contributed by atoms with Gasteiger partial charge in [-0.25, -0.2) is 0 Å². The molecule has 1 saturated carbocycles. The molecule has 2 fully saturated rings. The van der Waals surface area contributed by atoms with E-state index in [-0.39, 0.29) is 23.6 Å². The van der Waals surface area contributed by atoms with Crippen molar-refractivity contribution in [3.05, 3.63) is 46.9 Å². The third-order valence-electron chi connectivity index (χ3n) is 7.50. The fraction of sp³-hybridized carbons (Fsp3) is 0.464. The lowest BCUT2D eigenvalue weighted by molar-refractivity contribution is -0.120. The predicted molar refractivity (Wildman–Crippen MR) is 146 cm³/mol. The smallest absolute Gasteiger partial charge is 0.302 e. The van der Waals surface area contributed by atoms with Gasteiger partial charge in [0.05, 0.1) is 19.3 Å². The third-order valence-corrected chi connectivity index (χ3v) is 7.99. The second-order valence-electron chi connectivity index (χ2n) is 11.4. The fourth-order valence-electron chi connectivity index (χ4n) is 6.47. The molecule has 196 valence electrons. The number of fused-ring (bicyclic) bond motifs is 3. The summed E-state index contributed by atoms with van der Waals surface area (Å²) in [7, 11) is 1.54. The molecule has 1 N–H and O–H groups in total. The monoisotopic (exact) mass is 568 g/mol. The van der Waals surface area contributed by atoms with Gasteiger partial charge in [0.25, 0.3) is 0 Å². The van der Waals surface area contributed by atoms with Crippen LogP contribution in [-0.2, 0) is 11.5 Å². The van der Waals surface area contributed by atoms with Gasteiger partial charge in [-0.3, -0.25) is 14.3 Å². The van der Waals surface area contributed by atoms with Gasteiger partial charge in [0.15, 0.2) is 23.8 Å². The molecule has 2 atom stereocenters. The molecule has 2 aromatic carbocycles. The molecule has 1 aliphatic heterocycles. The van der Waals surface area contributed by atoms with Crippen LogP contribution in [0.5, 0.6) is 17.4 Å². The summed E-state index contributed by atoms with van der Waals surface area (Å²) < 4.78 is 13.5. The summed E-state index contributed by atoms with van der Waals surface area (Å²) in [6.07, 6.45) is 3.52. The van der Waals surface area contributed by atoms with E-state index in [0.717, 1.165) is 28.3 Å². The van der Waals surface area contributed by atoms with Crippen LogP contribution in [0.2, 0.25) is 0 Å². The minimum atomic E-state index is -0.565. The van der Waals surface area contributed by atoms with Crippen molar-refractivity contribution in [1.82, 2.24) is 9.47 Å². The van der Waals surface area contributed by atoms with Crippen LogP contribution in [0.25, 0.3) is 10.9 Å². The van der Waals surface area contributed by atoms with E-state index < -0.39 is 5.91 Å². The molecule has 2 heterocycles. The lowest BCUT2D eigenvalue weighted by atomic mass is 9.65. The van der Waals surface area contributed by atoms with Crippen LogP contribution in [0.4, 0.5) is 5.69 Å². The zero-order valence-corrected chi connectivity index (χ0v) is 23.3. The number of rotatable bonds is 7. The molecule has 37 heavy (non-hydrogen) atoms. The number of likely N-dealkylation sites (tertiary alicyclic amines) is 1. The Bertz CT molecular complexity index is 1370. The second kappa shape index (κ2) is 9.76. The summed E-state index contributed by atoms with van der Waals surface area (Å²) >= 11 is 3.52. The highest BCUT2D eigenvalue weighted by molar-refractivity contribution is 9.10. The molecule has 0 unspecified atom stereocenters. The summed E-state index contributed by atoms with van der Waals surface area (Å²) in [5.41, 5.74) is 1.71. The Morgan fingerprint density at radius 1 is 1.16 bits per heavy atom. The first-order chi connectivity index (χ1) is 17.6. The van der Waals surface area contributed by atoms with Gasteiger partial charge in [-0.1, -0.05) is 48.8 Å². The van der Waals surface area contributed by atoms with Crippen LogP contribution in [0.1, 0.15) is 40.0 Å². The number of methoxy groups -OCH3 is 1. The number of ether oxygens (including phenoxy) is 2. The average Bonchev–Trinajstić information content (AvgIpc) is 3.23. The van der Waals surface area contributed by atoms with Crippen molar-refractivity contribution < 1.29 is 19.4 Å². The molecular weight excluding hydrogens is 536 g/mol. The number of azo groups is 1. The zero-order valence-electron chi connectivity index (χ0n) is 21.7. The highest BCUT2D eigenvalue weighted by Gasteiger charge is 2.49. The molecule has 2 aliphatic rings. The molecule has 0 radical (unpaired) electrons. The van der Waals surface area contributed by atoms with Crippen LogP contribution in [0.15, 0.2) is 57.2 Å². The number of halogens is 1. The molecule has 3 aromatic rings. The first-order valence-corrected chi connectivity index (χ1v) is 13.3. The van der Waals surface area contributed by atoms with Crippen molar-refractivity contribution in [3.8, 4) is 17.4 Å². The van der Waals surface area contributed by atoms with E-state index in [0.29, 0.717) is 29.6 Å². The van der Waals surface area contributed by atoms with E-state index >= 15 is 0 Å². The Kier molecular flexibility index (Phi) is 6.79. The molecule has 1 saturated heterocycles. The first kappa shape index (κ1) is 25.7. The number of hydrogen-bond donors (Lipinski definition) is 1. The summed E-state index contributed by atoms with van der Waals surface area (Å²) in [6.45, 7) is 8.34. The fourth-order valence-corrected chi connectivity index (χ4v) is 6.83. The maximum atomic E-state index is 12.5. The molecule has 5 rings (SSSR count). The Balaban J connectivity index is 1.38. The molecular formula is C28H33BrN4O4. The van der Waals surface area contributed by atoms with Crippen LogP contribution >= 0.6 is 15.9 Å². The Labute approximate surface area is 225 Å². The van der Waals surface area contributed by atoms with Crippen molar-refractivity contribution >= 4 is 38.4 Å². The predicted octanol–water partition coefficient (Wildman–Crippen LogP) is 6.67. The van der Waals surface area contributed by atoms with Gasteiger partial charge >= 0.3 is 5.91 Å². The van der Waals surface area contributed by atoms with Gasteiger partial charge in [-0.05, 0) is 60.4 Å². The number of carbonyl (C=O) groups is 1. The largest absolute Gasteiger partial charge is 0.493 e. The molecule has 0 spiro atoms. The Hall–Kier alpha value is -2.91. The highest BCUT2D eigenvalue weighted by atomic mass is 79.9. The van der Waals surface area contributed by atoms with Gasteiger partial charge in [-0.2, -0.15) is 0 Å². The topological polar surface area (TPSA) is 88.6 Å². The number of para-hydroxylation sites is 2. The number of aromatic nitrogens is 1. The quantitative estimate of drug-likeness (QED) is 0.321. The van der Waals surface area contributed by atoms with Crippen LogP contribution < -0.4 is 9.47 Å². The maximum absolute atomic E-state index is 12.5. The summed E-state index contributed by atoms with van der Waals surface area (Å²) in [5, 5.41) is 20.0. The SMILES string of the molecule is COc1ccccc1OCC(=O)N=Nc1c(O)n(CN2C[C@]3(C)C[C@@H]2CC(C)(C)C3)c2ccc(Br)cc12. The van der Waals surface area contributed by atoms with Crippen LogP contribution in [0, 0.1) is 10.8 Å². The second-order valence-corrected chi connectivity index (χ2v) is 12.3. The van der Waals surface area contributed by atoms with E-state index in [9.17, 15) is 9.90 Å². The lowest BCUT2D eigenvalue weighted by Gasteiger charge is -2.40. The minimum Gasteiger partial charge on any atom is -0.493 e. The molecule has 8 nitrogen and oxygen atoms in total. The number of nitrogens with zero attached hydrogens (tertiary/aromatic N) is 4. The Morgan fingerprint density at radius 3 is 2.68 bits per heavy atom. The van der Waals surface area contributed by atoms with Gasteiger partial charge in [0.2, 0.25) is 5.88 Å². The van der Waals surface area contributed by atoms with E-state index in [1.165, 1.54) is 20.0 Å². The lowest BCUT2D eigenvalue weighted by Crippen LogP contribution is -2.35. The van der Waals surface area contributed by atoms with E-state index in [1.54, 1.807) is 18.2 Å². The van der Waals surface area contributed by atoms with Crippen molar-refractivity contribution in [2.24, 2.45) is 21.1 Å². The average molecular weight is 570 g/mol. The molecule has 1 aromatic heterocycles. The molecule has 1 aliphatic carbocycles. The third kappa shape index (κ3) is 5.25. The Morgan fingerprint density at radius 2 is 1.92 bits per heavy atom. The summed E-state index contributed by atoms with van der Waals surface area (Å²) in [4.78, 5) is 15.0. The summed E-state index contributed by atoms with van der Waals surface area (Å²) in [5.74, 6) is 0.414. The first-order valence-electron chi connectivity index (χ1n) is 12.5. The normalized spacial score (nSPS) is 23.1. The summed E-state index contributed by atoms with van der Waals surface area (Å²) in [6, 6.07) is 13.3.